The SMILES string of the molecule is COc1ccccc1/C=C/c1nnc2nc(-c3ccccc3)c3cc(Cl)ccc3n12. The molecule has 0 saturated carbocycles. The molecule has 146 valence electrons. The average Bonchev–Trinajstić information content (AvgIpc) is 3.20. The van der Waals surface area contributed by atoms with Crippen LogP contribution >= 0.6 is 11.6 Å². The zero-order valence-electron chi connectivity index (χ0n) is 16.2. The molecule has 5 rings (SSSR count). The number of benzene rings is 3. The van der Waals surface area contributed by atoms with Gasteiger partial charge in [-0.2, -0.15) is 0 Å². The first-order chi connectivity index (χ1) is 14.7. The first kappa shape index (κ1) is 18.3. The number of aromatic nitrogens is 4. The Kier molecular flexibility index (Phi) is 4.65. The first-order valence-electron chi connectivity index (χ1n) is 9.45. The second-order valence-electron chi connectivity index (χ2n) is 6.76. The molecule has 0 spiro atoms. The maximum absolute atomic E-state index is 6.32. The van der Waals surface area contributed by atoms with E-state index in [9.17, 15) is 0 Å². The summed E-state index contributed by atoms with van der Waals surface area (Å²) in [6.45, 7) is 0. The quantitative estimate of drug-likeness (QED) is 0.375. The summed E-state index contributed by atoms with van der Waals surface area (Å²) in [7, 11) is 1.66. The minimum atomic E-state index is 0.531. The third-order valence-electron chi connectivity index (χ3n) is 4.94. The van der Waals surface area contributed by atoms with Crippen molar-refractivity contribution in [3.8, 4) is 17.0 Å². The Balaban J connectivity index is 1.72. The third kappa shape index (κ3) is 3.19. The Hall–Kier alpha value is -3.70. The molecule has 0 radical (unpaired) electrons. The van der Waals surface area contributed by atoms with Crippen molar-refractivity contribution in [1.29, 1.82) is 0 Å². The number of hydrogen-bond donors (Lipinski definition) is 0. The van der Waals surface area contributed by atoms with Crippen molar-refractivity contribution in [2.24, 2.45) is 0 Å². The maximum Gasteiger partial charge on any atom is 0.256 e. The van der Waals surface area contributed by atoms with Crippen LogP contribution in [0.25, 0.3) is 40.1 Å². The van der Waals surface area contributed by atoms with Gasteiger partial charge in [0.1, 0.15) is 5.75 Å². The number of hydrogen-bond acceptors (Lipinski definition) is 4. The van der Waals surface area contributed by atoms with Crippen molar-refractivity contribution in [3.63, 3.8) is 0 Å². The Morgan fingerprint density at radius 3 is 2.53 bits per heavy atom. The number of para-hydroxylation sites is 1. The van der Waals surface area contributed by atoms with Gasteiger partial charge in [-0.25, -0.2) is 4.98 Å². The molecule has 6 heteroatoms. The number of nitrogens with zero attached hydrogens (tertiary/aromatic N) is 4. The van der Waals surface area contributed by atoms with Crippen LogP contribution in [0.2, 0.25) is 5.02 Å². The van der Waals surface area contributed by atoms with Crippen LogP contribution < -0.4 is 4.74 Å². The van der Waals surface area contributed by atoms with Crippen molar-refractivity contribution in [2.75, 3.05) is 7.11 Å². The molecule has 5 aromatic rings. The summed E-state index contributed by atoms with van der Waals surface area (Å²) in [5.41, 5.74) is 3.72. The zero-order chi connectivity index (χ0) is 20.5. The van der Waals surface area contributed by atoms with Gasteiger partial charge in [-0.05, 0) is 36.4 Å². The van der Waals surface area contributed by atoms with E-state index in [1.165, 1.54) is 0 Å². The second kappa shape index (κ2) is 7.61. The van der Waals surface area contributed by atoms with Crippen LogP contribution in [0.4, 0.5) is 0 Å². The van der Waals surface area contributed by atoms with Gasteiger partial charge in [-0.15, -0.1) is 10.2 Å². The standard InChI is InChI=1S/C24H17ClN4O/c1-30-21-10-6-5-7-16(21)11-14-22-27-28-24-26-23(17-8-3-2-4-9-17)19-15-18(25)12-13-20(19)29(22)24/h2-15H,1H3/b14-11+. The van der Waals surface area contributed by atoms with E-state index in [0.717, 1.165) is 33.5 Å². The fraction of sp³-hybridized carbons (Fsp3) is 0.0417. The Morgan fingerprint density at radius 2 is 1.70 bits per heavy atom. The van der Waals surface area contributed by atoms with Crippen molar-refractivity contribution in [3.05, 3.63) is 89.2 Å². The summed E-state index contributed by atoms with van der Waals surface area (Å²) < 4.78 is 7.36. The largest absolute Gasteiger partial charge is 0.496 e. The van der Waals surface area contributed by atoms with Gasteiger partial charge < -0.3 is 4.74 Å². The summed E-state index contributed by atoms with van der Waals surface area (Å²) in [6.07, 6.45) is 3.87. The van der Waals surface area contributed by atoms with Gasteiger partial charge in [0.25, 0.3) is 5.78 Å². The van der Waals surface area contributed by atoms with Gasteiger partial charge in [0.05, 0.1) is 18.3 Å². The van der Waals surface area contributed by atoms with E-state index in [2.05, 4.69) is 10.2 Å². The predicted octanol–water partition coefficient (Wildman–Crippen LogP) is 5.78. The van der Waals surface area contributed by atoms with E-state index < -0.39 is 0 Å². The van der Waals surface area contributed by atoms with Gasteiger partial charge in [0.2, 0.25) is 0 Å². The highest BCUT2D eigenvalue weighted by molar-refractivity contribution is 6.31. The predicted molar refractivity (Wildman–Crippen MR) is 121 cm³/mol. The highest BCUT2D eigenvalue weighted by Gasteiger charge is 2.14. The third-order valence-corrected chi connectivity index (χ3v) is 5.17. The highest BCUT2D eigenvalue weighted by Crippen LogP contribution is 2.30. The molecule has 0 fully saturated rings. The van der Waals surface area contributed by atoms with Crippen LogP contribution in [-0.2, 0) is 0 Å². The van der Waals surface area contributed by atoms with Crippen LogP contribution in [0.5, 0.6) is 5.75 Å². The fourth-order valence-corrected chi connectivity index (χ4v) is 3.71. The summed E-state index contributed by atoms with van der Waals surface area (Å²) >= 11 is 6.32. The number of halogens is 1. The van der Waals surface area contributed by atoms with Gasteiger partial charge in [0.15, 0.2) is 5.82 Å². The van der Waals surface area contributed by atoms with Crippen LogP contribution in [0.1, 0.15) is 11.4 Å². The number of fused-ring (bicyclic) bond motifs is 3. The molecule has 0 atom stereocenters. The van der Waals surface area contributed by atoms with Crippen LogP contribution in [0.3, 0.4) is 0 Å². The van der Waals surface area contributed by atoms with E-state index in [1.807, 2.05) is 89.3 Å². The van der Waals surface area contributed by atoms with Gasteiger partial charge >= 0.3 is 0 Å². The van der Waals surface area contributed by atoms with Crippen LogP contribution in [0.15, 0.2) is 72.8 Å². The second-order valence-corrected chi connectivity index (χ2v) is 7.19. The molecular formula is C24H17ClN4O. The van der Waals surface area contributed by atoms with Crippen molar-refractivity contribution in [2.45, 2.75) is 0 Å². The molecule has 0 bridgehead atoms. The maximum atomic E-state index is 6.32. The normalized spacial score (nSPS) is 11.5. The lowest BCUT2D eigenvalue weighted by Crippen LogP contribution is -1.97. The topological polar surface area (TPSA) is 52.3 Å². The summed E-state index contributed by atoms with van der Waals surface area (Å²) in [6, 6.07) is 23.6. The first-order valence-corrected chi connectivity index (χ1v) is 9.83. The number of rotatable bonds is 4. The Bertz CT molecular complexity index is 1390. The monoisotopic (exact) mass is 412 g/mol. The van der Waals surface area contributed by atoms with Crippen LogP contribution in [-0.4, -0.2) is 26.7 Å². The van der Waals surface area contributed by atoms with Gasteiger partial charge in [0, 0.05) is 21.5 Å². The molecule has 0 saturated heterocycles. The lowest BCUT2D eigenvalue weighted by molar-refractivity contribution is 0.414. The molecule has 5 nitrogen and oxygen atoms in total. The number of methoxy groups -OCH3 is 1. The minimum Gasteiger partial charge on any atom is -0.496 e. The molecular weight excluding hydrogens is 396 g/mol. The van der Waals surface area contributed by atoms with E-state index in [4.69, 9.17) is 21.3 Å². The van der Waals surface area contributed by atoms with E-state index in [0.29, 0.717) is 16.6 Å². The molecule has 0 unspecified atom stereocenters. The molecule has 0 aliphatic rings. The fourth-order valence-electron chi connectivity index (χ4n) is 3.54. The summed E-state index contributed by atoms with van der Waals surface area (Å²) in [5.74, 6) is 2.00. The molecule has 2 aromatic heterocycles. The molecule has 0 N–H and O–H groups in total. The van der Waals surface area contributed by atoms with E-state index in [-0.39, 0.29) is 0 Å². The molecule has 2 heterocycles. The van der Waals surface area contributed by atoms with Crippen molar-refractivity contribution in [1.82, 2.24) is 19.6 Å². The average molecular weight is 413 g/mol. The molecule has 30 heavy (non-hydrogen) atoms. The smallest absolute Gasteiger partial charge is 0.256 e. The molecule has 3 aromatic carbocycles. The lowest BCUT2D eigenvalue weighted by Gasteiger charge is -2.09. The lowest BCUT2D eigenvalue weighted by atomic mass is 10.1. The van der Waals surface area contributed by atoms with Crippen molar-refractivity contribution < 1.29 is 4.74 Å². The van der Waals surface area contributed by atoms with Gasteiger partial charge in [-0.3, -0.25) is 4.40 Å². The Morgan fingerprint density at radius 1 is 0.900 bits per heavy atom. The Labute approximate surface area is 178 Å². The zero-order valence-corrected chi connectivity index (χ0v) is 16.9. The van der Waals surface area contributed by atoms with Crippen LogP contribution in [0, 0.1) is 0 Å². The highest BCUT2D eigenvalue weighted by atomic mass is 35.5. The minimum absolute atomic E-state index is 0.531. The summed E-state index contributed by atoms with van der Waals surface area (Å²) in [5, 5.41) is 10.3. The van der Waals surface area contributed by atoms with E-state index in [1.54, 1.807) is 7.11 Å². The van der Waals surface area contributed by atoms with E-state index >= 15 is 0 Å². The summed E-state index contributed by atoms with van der Waals surface area (Å²) in [4.78, 5) is 4.80. The number of ether oxygens (including phenoxy) is 1. The van der Waals surface area contributed by atoms with Gasteiger partial charge in [-0.1, -0.05) is 60.1 Å². The molecule has 0 aliphatic heterocycles. The van der Waals surface area contributed by atoms with Crippen molar-refractivity contribution >= 4 is 40.4 Å². The molecule has 0 aliphatic carbocycles. The molecule has 0 amide bonds.